The summed E-state index contributed by atoms with van der Waals surface area (Å²) in [7, 11) is 0. The largest absolute Gasteiger partial charge is 0.318 e. The summed E-state index contributed by atoms with van der Waals surface area (Å²) < 4.78 is 0. The lowest BCUT2D eigenvalue weighted by atomic mass is 10.0. The molecular weight excluding hydrogens is 248 g/mol. The zero-order chi connectivity index (χ0) is 14.7. The lowest BCUT2D eigenvalue weighted by molar-refractivity contribution is -0.130. The molecule has 1 saturated heterocycles. The van der Waals surface area contributed by atoms with E-state index < -0.39 is 0 Å². The van der Waals surface area contributed by atoms with E-state index in [0.29, 0.717) is 6.04 Å². The van der Waals surface area contributed by atoms with Crippen LogP contribution in [0.15, 0.2) is 18.2 Å². The van der Waals surface area contributed by atoms with Crippen LogP contribution in [0.3, 0.4) is 0 Å². The van der Waals surface area contributed by atoms with Crippen LogP contribution >= 0.6 is 0 Å². The Morgan fingerprint density at radius 1 is 1.30 bits per heavy atom. The third-order valence-corrected chi connectivity index (χ3v) is 4.83. The zero-order valence-electron chi connectivity index (χ0n) is 13.0. The SMILES string of the molecule is Cc1ccc(C2NC(C)C(=O)N2C2CC2(C)C)c(C)c1. The summed E-state index contributed by atoms with van der Waals surface area (Å²) in [4.78, 5) is 14.6. The Morgan fingerprint density at radius 2 is 1.95 bits per heavy atom. The lowest BCUT2D eigenvalue weighted by Gasteiger charge is -2.27. The number of nitrogens with one attached hydrogen (secondary N) is 1. The maximum absolute atomic E-state index is 12.5. The number of carbonyl (C=O) groups excluding carboxylic acids is 1. The highest BCUT2D eigenvalue weighted by molar-refractivity contribution is 5.85. The van der Waals surface area contributed by atoms with Crippen molar-refractivity contribution in [2.24, 2.45) is 5.41 Å². The predicted octanol–water partition coefficient (Wildman–Crippen LogP) is 2.92. The van der Waals surface area contributed by atoms with Crippen molar-refractivity contribution in [2.75, 3.05) is 0 Å². The van der Waals surface area contributed by atoms with Crippen molar-refractivity contribution in [3.63, 3.8) is 0 Å². The fourth-order valence-corrected chi connectivity index (χ4v) is 3.36. The second kappa shape index (κ2) is 4.32. The van der Waals surface area contributed by atoms with E-state index in [1.807, 2.05) is 6.92 Å². The van der Waals surface area contributed by atoms with Gasteiger partial charge < -0.3 is 4.90 Å². The maximum Gasteiger partial charge on any atom is 0.241 e. The fraction of sp³-hybridized carbons (Fsp3) is 0.588. The Bertz CT molecular complexity index is 564. The summed E-state index contributed by atoms with van der Waals surface area (Å²) in [6.45, 7) is 10.7. The number of hydrogen-bond acceptors (Lipinski definition) is 2. The molecule has 3 atom stereocenters. The molecule has 1 aliphatic carbocycles. The Balaban J connectivity index is 1.97. The number of carbonyl (C=O) groups is 1. The van der Waals surface area contributed by atoms with Gasteiger partial charge in [-0.3, -0.25) is 10.1 Å². The molecule has 1 N–H and O–H groups in total. The second-order valence-electron chi connectivity index (χ2n) is 7.10. The van der Waals surface area contributed by atoms with E-state index in [0.717, 1.165) is 6.42 Å². The molecule has 1 aromatic carbocycles. The summed E-state index contributed by atoms with van der Waals surface area (Å²) >= 11 is 0. The molecule has 1 aliphatic heterocycles. The summed E-state index contributed by atoms with van der Waals surface area (Å²) in [5, 5.41) is 3.47. The Morgan fingerprint density at radius 3 is 2.50 bits per heavy atom. The van der Waals surface area contributed by atoms with Crippen LogP contribution in [0, 0.1) is 19.3 Å². The van der Waals surface area contributed by atoms with Crippen molar-refractivity contribution in [1.29, 1.82) is 0 Å². The zero-order valence-corrected chi connectivity index (χ0v) is 13.0. The molecule has 1 saturated carbocycles. The number of rotatable bonds is 2. The maximum atomic E-state index is 12.5. The molecule has 20 heavy (non-hydrogen) atoms. The van der Waals surface area contributed by atoms with Gasteiger partial charge in [0.2, 0.25) is 5.91 Å². The van der Waals surface area contributed by atoms with E-state index in [-0.39, 0.29) is 23.5 Å². The monoisotopic (exact) mass is 272 g/mol. The highest BCUT2D eigenvalue weighted by atomic mass is 16.2. The van der Waals surface area contributed by atoms with Gasteiger partial charge in [0.25, 0.3) is 0 Å². The van der Waals surface area contributed by atoms with Gasteiger partial charge >= 0.3 is 0 Å². The average Bonchev–Trinajstić information content (AvgIpc) is 2.86. The number of hydrogen-bond donors (Lipinski definition) is 1. The van der Waals surface area contributed by atoms with Gasteiger partial charge in [-0.2, -0.15) is 0 Å². The van der Waals surface area contributed by atoms with E-state index in [4.69, 9.17) is 0 Å². The van der Waals surface area contributed by atoms with Gasteiger partial charge in [-0.25, -0.2) is 0 Å². The Hall–Kier alpha value is -1.35. The third-order valence-electron chi connectivity index (χ3n) is 4.83. The van der Waals surface area contributed by atoms with Gasteiger partial charge in [-0.1, -0.05) is 37.6 Å². The average molecular weight is 272 g/mol. The highest BCUT2D eigenvalue weighted by Gasteiger charge is 2.56. The quantitative estimate of drug-likeness (QED) is 0.898. The van der Waals surface area contributed by atoms with E-state index in [9.17, 15) is 4.79 Å². The number of aryl methyl sites for hydroxylation is 2. The molecule has 2 fully saturated rings. The van der Waals surface area contributed by atoms with Gasteiger partial charge in [0.15, 0.2) is 0 Å². The Labute approximate surface area is 121 Å². The Kier molecular flexibility index (Phi) is 2.94. The first kappa shape index (κ1) is 13.6. The normalized spacial score (nSPS) is 31.8. The molecule has 108 valence electrons. The third kappa shape index (κ3) is 2.05. The number of amides is 1. The van der Waals surface area contributed by atoms with Crippen LogP contribution in [0.1, 0.15) is 50.0 Å². The van der Waals surface area contributed by atoms with Gasteiger partial charge in [-0.15, -0.1) is 0 Å². The number of nitrogens with zero attached hydrogens (tertiary/aromatic N) is 1. The van der Waals surface area contributed by atoms with Gasteiger partial charge in [0.1, 0.15) is 6.17 Å². The first-order valence-electron chi connectivity index (χ1n) is 7.46. The predicted molar refractivity (Wildman–Crippen MR) is 80.3 cm³/mol. The number of benzene rings is 1. The molecule has 3 heteroatoms. The van der Waals surface area contributed by atoms with Gasteiger partial charge in [-0.05, 0) is 43.7 Å². The minimum absolute atomic E-state index is 0.0323. The van der Waals surface area contributed by atoms with Crippen molar-refractivity contribution < 1.29 is 4.79 Å². The minimum atomic E-state index is -0.0860. The molecule has 1 aromatic rings. The van der Waals surface area contributed by atoms with Crippen LogP contribution < -0.4 is 5.32 Å². The van der Waals surface area contributed by atoms with Crippen molar-refractivity contribution in [1.82, 2.24) is 10.2 Å². The van der Waals surface area contributed by atoms with Crippen molar-refractivity contribution in [3.8, 4) is 0 Å². The molecular formula is C17H24N2O. The van der Waals surface area contributed by atoms with E-state index >= 15 is 0 Å². The van der Waals surface area contributed by atoms with E-state index in [2.05, 4.69) is 56.1 Å². The van der Waals surface area contributed by atoms with Crippen LogP contribution in [0.25, 0.3) is 0 Å². The molecule has 3 rings (SSSR count). The smallest absolute Gasteiger partial charge is 0.241 e. The summed E-state index contributed by atoms with van der Waals surface area (Å²) in [5.41, 5.74) is 4.02. The molecule has 3 nitrogen and oxygen atoms in total. The second-order valence-corrected chi connectivity index (χ2v) is 7.10. The van der Waals surface area contributed by atoms with Crippen LogP contribution in [0.4, 0.5) is 0 Å². The summed E-state index contributed by atoms with van der Waals surface area (Å²) in [6, 6.07) is 6.78. The summed E-state index contributed by atoms with van der Waals surface area (Å²) in [5.74, 6) is 0.241. The van der Waals surface area contributed by atoms with Crippen molar-refractivity contribution >= 4 is 5.91 Å². The van der Waals surface area contributed by atoms with Crippen LogP contribution in [-0.2, 0) is 4.79 Å². The first-order chi connectivity index (χ1) is 9.31. The van der Waals surface area contributed by atoms with Crippen molar-refractivity contribution in [2.45, 2.75) is 59.3 Å². The summed E-state index contributed by atoms with van der Waals surface area (Å²) in [6.07, 6.45) is 1.14. The molecule has 1 amide bonds. The van der Waals surface area contributed by atoms with E-state index in [1.165, 1.54) is 16.7 Å². The lowest BCUT2D eigenvalue weighted by Crippen LogP contribution is -2.35. The standard InChI is InChI=1S/C17H24N2O/c1-10-6-7-13(11(2)8-10)15-18-12(3)16(20)19(15)14-9-17(14,4)5/h6-8,12,14-15,18H,9H2,1-5H3. The van der Waals surface area contributed by atoms with Gasteiger partial charge in [0.05, 0.1) is 6.04 Å². The molecule has 2 aliphatic rings. The van der Waals surface area contributed by atoms with Crippen LogP contribution in [-0.4, -0.2) is 22.9 Å². The molecule has 1 heterocycles. The molecule has 0 aromatic heterocycles. The molecule has 3 unspecified atom stereocenters. The fourth-order valence-electron chi connectivity index (χ4n) is 3.36. The molecule has 0 spiro atoms. The van der Waals surface area contributed by atoms with Crippen LogP contribution in [0.2, 0.25) is 0 Å². The van der Waals surface area contributed by atoms with Crippen LogP contribution in [0.5, 0.6) is 0 Å². The first-order valence-corrected chi connectivity index (χ1v) is 7.46. The topological polar surface area (TPSA) is 32.3 Å². The molecule has 0 radical (unpaired) electrons. The minimum Gasteiger partial charge on any atom is -0.318 e. The van der Waals surface area contributed by atoms with Gasteiger partial charge in [0, 0.05) is 6.04 Å². The van der Waals surface area contributed by atoms with E-state index in [1.54, 1.807) is 0 Å². The highest BCUT2D eigenvalue weighted by Crippen LogP contribution is 2.52. The molecule has 0 bridgehead atoms. The van der Waals surface area contributed by atoms with Crippen molar-refractivity contribution in [3.05, 3.63) is 34.9 Å².